The van der Waals surface area contributed by atoms with Crippen molar-refractivity contribution in [2.75, 3.05) is 34.5 Å². The zero-order valence-electron chi connectivity index (χ0n) is 10.7. The van der Waals surface area contributed by atoms with Crippen molar-refractivity contribution in [1.29, 1.82) is 0 Å². The minimum absolute atomic E-state index is 0.316. The molecule has 0 amide bonds. The number of hydrogen-bond acceptors (Lipinski definition) is 4. The van der Waals surface area contributed by atoms with Crippen LogP contribution in [0.2, 0.25) is 7.93 Å². The van der Waals surface area contributed by atoms with Gasteiger partial charge in [-0.25, -0.2) is 0 Å². The first-order valence-corrected chi connectivity index (χ1v) is 14.0. The molecule has 5 heteroatoms. The van der Waals surface area contributed by atoms with E-state index in [1.807, 2.05) is 0 Å². The van der Waals surface area contributed by atoms with E-state index in [2.05, 4.69) is 47.0 Å². The summed E-state index contributed by atoms with van der Waals surface area (Å²) in [6, 6.07) is 0. The Morgan fingerprint density at radius 3 is 1.78 bits per heavy atom. The van der Waals surface area contributed by atoms with E-state index in [0.29, 0.717) is 20.9 Å². The van der Waals surface area contributed by atoms with E-state index in [1.54, 1.807) is 12.8 Å². The molecule has 0 spiro atoms. The van der Waals surface area contributed by atoms with Crippen LogP contribution in [0, 0.1) is 0 Å². The van der Waals surface area contributed by atoms with E-state index in [-0.39, 0.29) is 0 Å². The second kappa shape index (κ2) is 7.99. The average Bonchev–Trinajstić information content (AvgIpc) is 3.25. The summed E-state index contributed by atoms with van der Waals surface area (Å²) in [4.78, 5) is 0. The van der Waals surface area contributed by atoms with Gasteiger partial charge in [0.05, 0.1) is 0 Å². The molecule has 3 rings (SSSR count). The zero-order valence-corrected chi connectivity index (χ0v) is 16.3. The van der Waals surface area contributed by atoms with Crippen LogP contribution in [-0.4, -0.2) is 65.9 Å². The van der Waals surface area contributed by atoms with Crippen LogP contribution in [-0.2, 0) is 0 Å². The van der Waals surface area contributed by atoms with Gasteiger partial charge in [-0.15, -0.1) is 0 Å². The maximum atomic E-state index is 2.27. The third-order valence-electron chi connectivity index (χ3n) is 3.46. The molecule has 3 saturated heterocycles. The Labute approximate surface area is 139 Å². The molecule has 18 heavy (non-hydrogen) atoms. The van der Waals surface area contributed by atoms with E-state index < -0.39 is 0 Å². The summed E-state index contributed by atoms with van der Waals surface area (Å²) in [5.41, 5.74) is 0. The first kappa shape index (κ1) is 15.1. The molecule has 0 N–H and O–H groups in total. The molecule has 3 heterocycles. The van der Waals surface area contributed by atoms with Crippen LogP contribution in [0.1, 0.15) is 19.3 Å². The van der Waals surface area contributed by atoms with Crippen molar-refractivity contribution in [3.8, 4) is 0 Å². The average molecular weight is 434 g/mol. The SMILES string of the molecule is C1CC(CSCC2CS2)[Te]C(CSCC2CS2)C1. The van der Waals surface area contributed by atoms with Gasteiger partial charge < -0.3 is 0 Å². The van der Waals surface area contributed by atoms with E-state index in [1.165, 1.54) is 48.9 Å². The fourth-order valence-electron chi connectivity index (χ4n) is 2.22. The molecule has 0 nitrogen and oxygen atoms in total. The Morgan fingerprint density at radius 1 is 0.833 bits per heavy atom. The summed E-state index contributed by atoms with van der Waals surface area (Å²) in [5.74, 6) is 8.83. The monoisotopic (exact) mass is 436 g/mol. The quantitative estimate of drug-likeness (QED) is 0.416. The molecule has 3 aliphatic heterocycles. The normalized spacial score (nSPS) is 38.7. The molecule has 4 unspecified atom stereocenters. The number of rotatable bonds is 8. The Hall–Kier alpha value is 2.19. The van der Waals surface area contributed by atoms with Crippen LogP contribution in [0.15, 0.2) is 0 Å². The van der Waals surface area contributed by atoms with Gasteiger partial charge in [0.15, 0.2) is 0 Å². The van der Waals surface area contributed by atoms with Crippen molar-refractivity contribution in [2.24, 2.45) is 0 Å². The van der Waals surface area contributed by atoms with Crippen molar-refractivity contribution in [3.63, 3.8) is 0 Å². The molecule has 0 bridgehead atoms. The third kappa shape index (κ3) is 5.90. The molecule has 4 atom stereocenters. The standard InChI is InChI=1S/C13H22S4Te/c1-2-12(8-14-4-10-6-16-10)18-13(3-1)9-15-5-11-7-17-11/h10-13H,1-9H2. The van der Waals surface area contributed by atoms with Crippen LogP contribution < -0.4 is 0 Å². The van der Waals surface area contributed by atoms with Gasteiger partial charge in [0.2, 0.25) is 0 Å². The van der Waals surface area contributed by atoms with Crippen LogP contribution in [0.5, 0.6) is 0 Å². The van der Waals surface area contributed by atoms with Crippen LogP contribution in [0.4, 0.5) is 0 Å². The molecular weight excluding hydrogens is 412 g/mol. The molecule has 0 saturated carbocycles. The van der Waals surface area contributed by atoms with Crippen molar-refractivity contribution >= 4 is 68.0 Å². The first-order chi connectivity index (χ1) is 8.90. The Balaban J connectivity index is 1.26. The first-order valence-electron chi connectivity index (χ1n) is 6.94. The van der Waals surface area contributed by atoms with Gasteiger partial charge in [0.1, 0.15) is 0 Å². The number of thioether (sulfide) groups is 4. The second-order valence-corrected chi connectivity index (χ2v) is 14.7. The van der Waals surface area contributed by atoms with Crippen LogP contribution in [0.3, 0.4) is 0 Å². The predicted octanol–water partition coefficient (Wildman–Crippen LogP) is 4.15. The zero-order chi connectivity index (χ0) is 12.2. The fourth-order valence-corrected chi connectivity index (χ4v) is 12.7. The molecule has 0 aromatic rings. The van der Waals surface area contributed by atoms with E-state index in [0.717, 1.165) is 10.5 Å². The Morgan fingerprint density at radius 2 is 1.33 bits per heavy atom. The van der Waals surface area contributed by atoms with Crippen LogP contribution >= 0.6 is 47.0 Å². The molecule has 0 aromatic heterocycles. The molecule has 0 aromatic carbocycles. The molecular formula is C13H22S4Te. The summed E-state index contributed by atoms with van der Waals surface area (Å²) in [6.45, 7) is 0. The predicted molar refractivity (Wildman–Crippen MR) is 94.2 cm³/mol. The summed E-state index contributed by atoms with van der Waals surface area (Å²) in [6.07, 6.45) is 4.69. The summed E-state index contributed by atoms with van der Waals surface area (Å²) in [5, 5.41) is 2.09. The molecule has 0 radical (unpaired) electrons. The fraction of sp³-hybridized carbons (Fsp3) is 1.00. The van der Waals surface area contributed by atoms with Crippen LogP contribution in [0.25, 0.3) is 0 Å². The van der Waals surface area contributed by atoms with Crippen molar-refractivity contribution in [2.45, 2.75) is 37.7 Å². The van der Waals surface area contributed by atoms with Crippen molar-refractivity contribution in [1.82, 2.24) is 0 Å². The van der Waals surface area contributed by atoms with Gasteiger partial charge in [-0.2, -0.15) is 0 Å². The summed E-state index contributed by atoms with van der Waals surface area (Å²) in [7, 11) is 0. The van der Waals surface area contributed by atoms with Crippen molar-refractivity contribution < 1.29 is 0 Å². The summed E-state index contributed by atoms with van der Waals surface area (Å²) < 4.78 is 2.36. The minimum atomic E-state index is 0.316. The number of hydrogen-bond donors (Lipinski definition) is 0. The van der Waals surface area contributed by atoms with Gasteiger partial charge in [0.25, 0.3) is 0 Å². The van der Waals surface area contributed by atoms with E-state index in [4.69, 9.17) is 0 Å². The van der Waals surface area contributed by atoms with E-state index >= 15 is 0 Å². The second-order valence-electron chi connectivity index (χ2n) is 5.30. The van der Waals surface area contributed by atoms with Gasteiger partial charge in [-0.1, -0.05) is 0 Å². The van der Waals surface area contributed by atoms with Crippen molar-refractivity contribution in [3.05, 3.63) is 0 Å². The molecule has 0 aliphatic carbocycles. The molecule has 3 fully saturated rings. The molecule has 3 aliphatic rings. The van der Waals surface area contributed by atoms with Gasteiger partial charge in [-0.3, -0.25) is 0 Å². The Kier molecular flexibility index (Phi) is 6.70. The summed E-state index contributed by atoms with van der Waals surface area (Å²) >= 11 is 9.18. The maximum absolute atomic E-state index is 2.27. The van der Waals surface area contributed by atoms with Gasteiger partial charge >= 0.3 is 140 Å². The van der Waals surface area contributed by atoms with Gasteiger partial charge in [0, 0.05) is 0 Å². The third-order valence-corrected chi connectivity index (χ3v) is 14.2. The topological polar surface area (TPSA) is 0 Å². The van der Waals surface area contributed by atoms with Gasteiger partial charge in [-0.05, 0) is 0 Å². The molecule has 104 valence electrons. The Bertz CT molecular complexity index is 231. The van der Waals surface area contributed by atoms with E-state index in [9.17, 15) is 0 Å².